The number of ether oxygens (including phenoxy) is 1. The first-order chi connectivity index (χ1) is 9.24. The summed E-state index contributed by atoms with van der Waals surface area (Å²) in [6.45, 7) is 0. The van der Waals surface area contributed by atoms with Gasteiger partial charge in [0.15, 0.2) is 5.82 Å². The van der Waals surface area contributed by atoms with Crippen molar-refractivity contribution in [1.29, 1.82) is 0 Å². The van der Waals surface area contributed by atoms with E-state index in [4.69, 9.17) is 16.2 Å². The van der Waals surface area contributed by atoms with Gasteiger partial charge in [-0.25, -0.2) is 0 Å². The first-order valence-corrected chi connectivity index (χ1v) is 5.91. The lowest BCUT2D eigenvalue weighted by atomic mass is 10.1. The number of pyridine rings is 1. The summed E-state index contributed by atoms with van der Waals surface area (Å²) in [4.78, 5) is 4.11. The molecule has 0 aliphatic rings. The fourth-order valence-corrected chi connectivity index (χ4v) is 1.92. The predicted molar refractivity (Wildman–Crippen MR) is 77.1 cm³/mol. The lowest BCUT2D eigenvalue weighted by molar-refractivity contribution is 0.469. The molecule has 0 fully saturated rings. The SMILES string of the molecule is Nc1ccc(Oc2cccc3ccccc23)nc1N. The molecule has 19 heavy (non-hydrogen) atoms. The third-order valence-corrected chi connectivity index (χ3v) is 2.90. The number of nitrogens with zero attached hydrogens (tertiary/aromatic N) is 1. The van der Waals surface area contributed by atoms with Crippen LogP contribution < -0.4 is 16.2 Å². The van der Waals surface area contributed by atoms with Gasteiger partial charge in [0, 0.05) is 11.5 Å². The fraction of sp³-hybridized carbons (Fsp3) is 0. The minimum atomic E-state index is 0.276. The highest BCUT2D eigenvalue weighted by Crippen LogP contribution is 2.29. The molecule has 3 rings (SSSR count). The van der Waals surface area contributed by atoms with Crippen LogP contribution in [-0.2, 0) is 0 Å². The molecule has 4 N–H and O–H groups in total. The maximum absolute atomic E-state index is 5.78. The molecule has 0 spiro atoms. The van der Waals surface area contributed by atoms with Gasteiger partial charge in [0.05, 0.1) is 5.69 Å². The van der Waals surface area contributed by atoms with Crippen molar-refractivity contribution in [3.8, 4) is 11.6 Å². The standard InChI is InChI=1S/C15H13N3O/c16-12-8-9-14(18-15(12)17)19-13-7-3-5-10-4-1-2-6-11(10)13/h1-9H,16H2,(H2,17,18). The van der Waals surface area contributed by atoms with E-state index in [0.29, 0.717) is 11.6 Å². The van der Waals surface area contributed by atoms with Gasteiger partial charge < -0.3 is 16.2 Å². The molecule has 4 nitrogen and oxygen atoms in total. The number of hydrogen-bond donors (Lipinski definition) is 2. The molecule has 1 heterocycles. The van der Waals surface area contributed by atoms with E-state index in [2.05, 4.69) is 4.98 Å². The van der Waals surface area contributed by atoms with Crippen LogP contribution in [-0.4, -0.2) is 4.98 Å². The second-order valence-corrected chi connectivity index (χ2v) is 4.20. The molecule has 0 saturated heterocycles. The monoisotopic (exact) mass is 251 g/mol. The summed E-state index contributed by atoms with van der Waals surface area (Å²) in [5, 5.41) is 2.14. The summed E-state index contributed by atoms with van der Waals surface area (Å²) >= 11 is 0. The normalized spacial score (nSPS) is 10.5. The van der Waals surface area contributed by atoms with Crippen molar-refractivity contribution in [1.82, 2.24) is 4.98 Å². The number of fused-ring (bicyclic) bond motifs is 1. The molecular weight excluding hydrogens is 238 g/mol. The molecule has 0 bridgehead atoms. The van der Waals surface area contributed by atoms with E-state index in [0.717, 1.165) is 16.5 Å². The third kappa shape index (κ3) is 2.15. The minimum Gasteiger partial charge on any atom is -0.438 e. The van der Waals surface area contributed by atoms with Crippen molar-refractivity contribution < 1.29 is 4.74 Å². The number of aromatic nitrogens is 1. The van der Waals surface area contributed by atoms with Crippen molar-refractivity contribution in [2.45, 2.75) is 0 Å². The highest BCUT2D eigenvalue weighted by molar-refractivity contribution is 5.88. The van der Waals surface area contributed by atoms with Crippen molar-refractivity contribution >= 4 is 22.3 Å². The molecule has 0 aliphatic carbocycles. The van der Waals surface area contributed by atoms with Crippen LogP contribution in [0.4, 0.5) is 11.5 Å². The number of rotatable bonds is 2. The molecule has 0 amide bonds. The number of nitrogens with two attached hydrogens (primary N) is 2. The van der Waals surface area contributed by atoms with Crippen LogP contribution in [0, 0.1) is 0 Å². The minimum absolute atomic E-state index is 0.276. The van der Waals surface area contributed by atoms with Crippen molar-refractivity contribution in [3.63, 3.8) is 0 Å². The van der Waals surface area contributed by atoms with Crippen molar-refractivity contribution in [2.24, 2.45) is 0 Å². The van der Waals surface area contributed by atoms with Crippen LogP contribution >= 0.6 is 0 Å². The molecule has 0 unspecified atom stereocenters. The average molecular weight is 251 g/mol. The quantitative estimate of drug-likeness (QED) is 0.733. The Kier molecular flexibility index (Phi) is 2.68. The summed E-state index contributed by atoms with van der Waals surface area (Å²) in [6.07, 6.45) is 0. The van der Waals surface area contributed by atoms with Crippen LogP contribution in [0.2, 0.25) is 0 Å². The van der Waals surface area contributed by atoms with E-state index in [1.54, 1.807) is 12.1 Å². The highest BCUT2D eigenvalue weighted by Gasteiger charge is 2.05. The Morgan fingerprint density at radius 1 is 0.842 bits per heavy atom. The first-order valence-electron chi connectivity index (χ1n) is 5.91. The molecule has 4 heteroatoms. The van der Waals surface area contributed by atoms with Crippen LogP contribution in [0.5, 0.6) is 11.6 Å². The lowest BCUT2D eigenvalue weighted by Gasteiger charge is -2.09. The molecule has 94 valence electrons. The molecule has 0 saturated carbocycles. The van der Waals surface area contributed by atoms with Crippen molar-refractivity contribution in [2.75, 3.05) is 11.5 Å². The van der Waals surface area contributed by atoms with E-state index in [1.807, 2.05) is 42.5 Å². The van der Waals surface area contributed by atoms with Gasteiger partial charge in [-0.05, 0) is 17.5 Å². The second kappa shape index (κ2) is 4.49. The number of anilines is 2. The third-order valence-electron chi connectivity index (χ3n) is 2.90. The summed E-state index contributed by atoms with van der Waals surface area (Å²) in [7, 11) is 0. The lowest BCUT2D eigenvalue weighted by Crippen LogP contribution is -1.99. The fourth-order valence-electron chi connectivity index (χ4n) is 1.92. The molecule has 3 aromatic rings. The molecule has 0 atom stereocenters. The van der Waals surface area contributed by atoms with Gasteiger partial charge in [-0.15, -0.1) is 0 Å². The smallest absolute Gasteiger partial charge is 0.221 e. The van der Waals surface area contributed by atoms with Crippen LogP contribution in [0.3, 0.4) is 0 Å². The van der Waals surface area contributed by atoms with Gasteiger partial charge >= 0.3 is 0 Å². The van der Waals surface area contributed by atoms with E-state index in [-0.39, 0.29) is 5.82 Å². The Labute approximate surface area is 110 Å². The van der Waals surface area contributed by atoms with Gasteiger partial charge in [0.1, 0.15) is 5.75 Å². The predicted octanol–water partition coefficient (Wildman–Crippen LogP) is 3.19. The van der Waals surface area contributed by atoms with Crippen molar-refractivity contribution in [3.05, 3.63) is 54.6 Å². The first kappa shape index (κ1) is 11.3. The average Bonchev–Trinajstić information content (AvgIpc) is 2.43. The molecule has 0 radical (unpaired) electrons. The van der Waals surface area contributed by atoms with E-state index >= 15 is 0 Å². The largest absolute Gasteiger partial charge is 0.438 e. The Balaban J connectivity index is 2.03. The van der Waals surface area contributed by atoms with Gasteiger partial charge in [-0.3, -0.25) is 0 Å². The molecule has 1 aromatic heterocycles. The van der Waals surface area contributed by atoms with Gasteiger partial charge in [0.25, 0.3) is 0 Å². The van der Waals surface area contributed by atoms with E-state index in [1.165, 1.54) is 0 Å². The van der Waals surface area contributed by atoms with E-state index < -0.39 is 0 Å². The molecule has 2 aromatic carbocycles. The zero-order valence-corrected chi connectivity index (χ0v) is 10.2. The maximum atomic E-state index is 5.78. The summed E-state index contributed by atoms with van der Waals surface area (Å²) in [6, 6.07) is 17.3. The topological polar surface area (TPSA) is 74.2 Å². The van der Waals surface area contributed by atoms with Gasteiger partial charge in [-0.1, -0.05) is 36.4 Å². The number of hydrogen-bond acceptors (Lipinski definition) is 4. The number of benzene rings is 2. The molecular formula is C15H13N3O. The number of nitrogen functional groups attached to an aromatic ring is 2. The summed E-state index contributed by atoms with van der Waals surface area (Å²) < 4.78 is 5.78. The zero-order chi connectivity index (χ0) is 13.2. The second-order valence-electron chi connectivity index (χ2n) is 4.20. The maximum Gasteiger partial charge on any atom is 0.221 e. The highest BCUT2D eigenvalue weighted by atomic mass is 16.5. The van der Waals surface area contributed by atoms with E-state index in [9.17, 15) is 0 Å². The van der Waals surface area contributed by atoms with Gasteiger partial charge in [-0.2, -0.15) is 4.98 Å². The van der Waals surface area contributed by atoms with Gasteiger partial charge in [0.2, 0.25) is 5.88 Å². The summed E-state index contributed by atoms with van der Waals surface area (Å²) in [5.74, 6) is 1.45. The summed E-state index contributed by atoms with van der Waals surface area (Å²) in [5.41, 5.74) is 11.7. The van der Waals surface area contributed by atoms with Crippen LogP contribution in [0.1, 0.15) is 0 Å². The Morgan fingerprint density at radius 2 is 1.63 bits per heavy atom. The van der Waals surface area contributed by atoms with Crippen LogP contribution in [0.15, 0.2) is 54.6 Å². The zero-order valence-electron chi connectivity index (χ0n) is 10.2. The molecule has 0 aliphatic heterocycles. The van der Waals surface area contributed by atoms with Crippen LogP contribution in [0.25, 0.3) is 10.8 Å². The Hall–Kier alpha value is -2.75. The Morgan fingerprint density at radius 3 is 2.47 bits per heavy atom. The Bertz CT molecular complexity index is 735.